The summed E-state index contributed by atoms with van der Waals surface area (Å²) in [6, 6.07) is 12.3. The van der Waals surface area contributed by atoms with E-state index in [-0.39, 0.29) is 17.0 Å². The summed E-state index contributed by atoms with van der Waals surface area (Å²) in [6.07, 6.45) is 1.92. The maximum Gasteiger partial charge on any atom is 0.266 e. The second-order valence-electron chi connectivity index (χ2n) is 7.41. The van der Waals surface area contributed by atoms with Crippen LogP contribution in [-0.2, 0) is 11.2 Å². The summed E-state index contributed by atoms with van der Waals surface area (Å²) in [5.41, 5.74) is 3.27. The third-order valence-corrected chi connectivity index (χ3v) is 5.52. The topological polar surface area (TPSA) is 89.0 Å². The summed E-state index contributed by atoms with van der Waals surface area (Å²) in [5.74, 6) is 0.451. The van der Waals surface area contributed by atoms with E-state index in [0.29, 0.717) is 30.9 Å². The largest absolute Gasteiger partial charge is 0.371 e. The number of carbonyl (C=O) groups is 1. The number of amides is 1. The molecule has 3 rings (SSSR count). The Bertz CT molecular complexity index is 943. The molecule has 6 nitrogen and oxygen atoms in total. The van der Waals surface area contributed by atoms with Crippen molar-refractivity contribution in [3.05, 3.63) is 63.1 Å². The van der Waals surface area contributed by atoms with Crippen LogP contribution in [0.15, 0.2) is 35.1 Å². The van der Waals surface area contributed by atoms with Crippen LogP contribution in [0.1, 0.15) is 35.2 Å². The lowest BCUT2D eigenvalue weighted by molar-refractivity contribution is -0.121. The van der Waals surface area contributed by atoms with Gasteiger partial charge in [0.25, 0.3) is 5.56 Å². The van der Waals surface area contributed by atoms with E-state index < -0.39 is 0 Å². The number of aromatic nitrogens is 1. The SMILES string of the molecule is Cc1[nH]c(=O)c(C#N)c(C)c1CCC(=O)NCC1CCN(c2ccccc2)C1. The molecule has 1 atom stereocenters. The highest BCUT2D eigenvalue weighted by atomic mass is 16.1. The van der Waals surface area contributed by atoms with Gasteiger partial charge in [-0.3, -0.25) is 9.59 Å². The molecule has 1 saturated heterocycles. The number of benzene rings is 1. The highest BCUT2D eigenvalue weighted by Gasteiger charge is 2.23. The Kier molecular flexibility index (Phi) is 6.15. The van der Waals surface area contributed by atoms with Crippen LogP contribution in [0.4, 0.5) is 5.69 Å². The van der Waals surface area contributed by atoms with Gasteiger partial charge in [-0.05, 0) is 55.9 Å². The van der Waals surface area contributed by atoms with Crippen molar-refractivity contribution in [1.82, 2.24) is 10.3 Å². The van der Waals surface area contributed by atoms with Gasteiger partial charge in [0.05, 0.1) is 0 Å². The molecule has 1 unspecified atom stereocenters. The summed E-state index contributed by atoms with van der Waals surface area (Å²) in [5, 5.41) is 12.2. The van der Waals surface area contributed by atoms with E-state index in [0.717, 1.165) is 30.8 Å². The van der Waals surface area contributed by atoms with Gasteiger partial charge < -0.3 is 15.2 Å². The van der Waals surface area contributed by atoms with Gasteiger partial charge in [0.2, 0.25) is 5.91 Å². The fraction of sp³-hybridized carbons (Fsp3) is 0.409. The molecule has 0 aliphatic carbocycles. The quantitative estimate of drug-likeness (QED) is 0.808. The molecule has 28 heavy (non-hydrogen) atoms. The van der Waals surface area contributed by atoms with Gasteiger partial charge in [-0.2, -0.15) is 5.26 Å². The van der Waals surface area contributed by atoms with Crippen molar-refractivity contribution < 1.29 is 4.79 Å². The minimum Gasteiger partial charge on any atom is -0.371 e. The third kappa shape index (κ3) is 4.42. The molecule has 1 aromatic heterocycles. The number of anilines is 1. The minimum atomic E-state index is -0.366. The Morgan fingerprint density at radius 3 is 2.79 bits per heavy atom. The smallest absolute Gasteiger partial charge is 0.266 e. The Balaban J connectivity index is 1.50. The van der Waals surface area contributed by atoms with Crippen LogP contribution in [0.5, 0.6) is 0 Å². The fourth-order valence-corrected chi connectivity index (χ4v) is 3.88. The van der Waals surface area contributed by atoms with Crippen LogP contribution in [0, 0.1) is 31.1 Å². The molecule has 1 aliphatic rings. The van der Waals surface area contributed by atoms with E-state index in [2.05, 4.69) is 27.3 Å². The number of nitrogens with zero attached hydrogens (tertiary/aromatic N) is 2. The van der Waals surface area contributed by atoms with Crippen molar-refractivity contribution in [3.8, 4) is 6.07 Å². The number of nitriles is 1. The minimum absolute atomic E-state index is 0.00155. The van der Waals surface area contributed by atoms with Crippen molar-refractivity contribution in [2.24, 2.45) is 5.92 Å². The molecule has 2 heterocycles. The number of pyridine rings is 1. The van der Waals surface area contributed by atoms with Gasteiger partial charge in [0.15, 0.2) is 0 Å². The monoisotopic (exact) mass is 378 g/mol. The van der Waals surface area contributed by atoms with Crippen molar-refractivity contribution >= 4 is 11.6 Å². The first-order valence-corrected chi connectivity index (χ1v) is 9.68. The molecule has 2 aromatic rings. The first kappa shape index (κ1) is 19.7. The predicted molar refractivity (Wildman–Crippen MR) is 109 cm³/mol. The molecular formula is C22H26N4O2. The van der Waals surface area contributed by atoms with Gasteiger partial charge in [-0.15, -0.1) is 0 Å². The molecule has 0 saturated carbocycles. The van der Waals surface area contributed by atoms with Crippen LogP contribution in [0.3, 0.4) is 0 Å². The van der Waals surface area contributed by atoms with E-state index in [1.807, 2.05) is 24.3 Å². The molecule has 0 bridgehead atoms. The summed E-state index contributed by atoms with van der Waals surface area (Å²) in [6.45, 7) is 6.21. The maximum atomic E-state index is 12.3. The van der Waals surface area contributed by atoms with Crippen molar-refractivity contribution in [2.75, 3.05) is 24.5 Å². The first-order chi connectivity index (χ1) is 13.5. The number of aryl methyl sites for hydroxylation is 1. The number of H-pyrrole nitrogens is 1. The summed E-state index contributed by atoms with van der Waals surface area (Å²) < 4.78 is 0. The van der Waals surface area contributed by atoms with Gasteiger partial charge in [-0.25, -0.2) is 0 Å². The second kappa shape index (κ2) is 8.75. The molecule has 1 aromatic carbocycles. The highest BCUT2D eigenvalue weighted by Crippen LogP contribution is 2.23. The van der Waals surface area contributed by atoms with Crippen LogP contribution in [0.25, 0.3) is 0 Å². The van der Waals surface area contributed by atoms with Crippen LogP contribution >= 0.6 is 0 Å². The van der Waals surface area contributed by atoms with Crippen molar-refractivity contribution in [2.45, 2.75) is 33.1 Å². The molecule has 2 N–H and O–H groups in total. The fourth-order valence-electron chi connectivity index (χ4n) is 3.88. The van der Waals surface area contributed by atoms with E-state index in [1.165, 1.54) is 5.69 Å². The predicted octanol–water partition coefficient (Wildman–Crippen LogP) is 2.44. The average molecular weight is 378 g/mol. The second-order valence-corrected chi connectivity index (χ2v) is 7.41. The number of aromatic amines is 1. The molecule has 0 spiro atoms. The summed E-state index contributed by atoms with van der Waals surface area (Å²) >= 11 is 0. The van der Waals surface area contributed by atoms with Crippen LogP contribution in [-0.4, -0.2) is 30.5 Å². The Hall–Kier alpha value is -3.07. The van der Waals surface area contributed by atoms with Gasteiger partial charge in [0, 0.05) is 37.4 Å². The molecule has 1 fully saturated rings. The molecule has 6 heteroatoms. The molecule has 1 amide bonds. The number of hydrogen-bond acceptors (Lipinski definition) is 4. The van der Waals surface area contributed by atoms with Gasteiger partial charge in [0.1, 0.15) is 11.6 Å². The number of nitrogens with one attached hydrogen (secondary N) is 2. The lowest BCUT2D eigenvalue weighted by Gasteiger charge is -2.18. The Labute approximate surface area is 165 Å². The maximum absolute atomic E-state index is 12.3. The lowest BCUT2D eigenvalue weighted by Crippen LogP contribution is -2.31. The van der Waals surface area contributed by atoms with E-state index in [4.69, 9.17) is 5.26 Å². The summed E-state index contributed by atoms with van der Waals surface area (Å²) in [7, 11) is 0. The van der Waals surface area contributed by atoms with E-state index in [9.17, 15) is 9.59 Å². The zero-order valence-corrected chi connectivity index (χ0v) is 16.4. The number of para-hydroxylation sites is 1. The first-order valence-electron chi connectivity index (χ1n) is 9.68. The third-order valence-electron chi connectivity index (χ3n) is 5.52. The number of hydrogen-bond donors (Lipinski definition) is 2. The van der Waals surface area contributed by atoms with Crippen LogP contribution < -0.4 is 15.8 Å². The van der Waals surface area contributed by atoms with E-state index >= 15 is 0 Å². The Morgan fingerprint density at radius 1 is 1.32 bits per heavy atom. The number of carbonyl (C=O) groups excluding carboxylic acids is 1. The normalized spacial score (nSPS) is 16.0. The standard InChI is InChI=1S/C22H26N4O2/c1-15-19(16(2)25-22(28)20(15)12-23)8-9-21(27)24-13-17-10-11-26(14-17)18-6-4-3-5-7-18/h3-7,17H,8-11,13-14H2,1-2H3,(H,24,27)(H,25,28). The number of rotatable bonds is 6. The zero-order valence-electron chi connectivity index (χ0n) is 16.4. The highest BCUT2D eigenvalue weighted by molar-refractivity contribution is 5.76. The lowest BCUT2D eigenvalue weighted by atomic mass is 9.99. The average Bonchev–Trinajstić information content (AvgIpc) is 3.16. The zero-order chi connectivity index (χ0) is 20.1. The van der Waals surface area contributed by atoms with Crippen LogP contribution in [0.2, 0.25) is 0 Å². The summed E-state index contributed by atoms with van der Waals surface area (Å²) in [4.78, 5) is 29.2. The van der Waals surface area contributed by atoms with Gasteiger partial charge >= 0.3 is 0 Å². The molecule has 0 radical (unpaired) electrons. The molecular weight excluding hydrogens is 352 g/mol. The van der Waals surface area contributed by atoms with Gasteiger partial charge in [-0.1, -0.05) is 18.2 Å². The van der Waals surface area contributed by atoms with E-state index in [1.54, 1.807) is 13.8 Å². The van der Waals surface area contributed by atoms with Crippen molar-refractivity contribution in [1.29, 1.82) is 5.26 Å². The Morgan fingerprint density at radius 2 is 2.07 bits per heavy atom. The van der Waals surface area contributed by atoms with Crippen molar-refractivity contribution in [3.63, 3.8) is 0 Å². The molecule has 146 valence electrons. The molecule has 1 aliphatic heterocycles.